The van der Waals surface area contributed by atoms with Gasteiger partial charge in [0.05, 0.1) is 11.0 Å². The van der Waals surface area contributed by atoms with Crippen molar-refractivity contribution in [3.8, 4) is 0 Å². The normalized spacial score (nSPS) is 24.1. The fourth-order valence-corrected chi connectivity index (χ4v) is 3.98. The van der Waals surface area contributed by atoms with Crippen molar-refractivity contribution in [2.45, 2.75) is 30.3 Å². The molecule has 1 heterocycles. The quantitative estimate of drug-likeness (QED) is 0.839. The van der Waals surface area contributed by atoms with E-state index in [-0.39, 0.29) is 6.10 Å². The number of halogens is 1. The van der Waals surface area contributed by atoms with Crippen LogP contribution in [0.3, 0.4) is 0 Å². The fourth-order valence-electron chi connectivity index (χ4n) is 2.36. The fraction of sp³-hybridized carbons (Fsp3) is 0.571. The Hall–Kier alpha value is -0.620. The van der Waals surface area contributed by atoms with Crippen molar-refractivity contribution in [1.29, 1.82) is 0 Å². The van der Waals surface area contributed by atoms with Crippen LogP contribution < -0.4 is 0 Å². The molecule has 0 radical (unpaired) electrons. The zero-order valence-corrected chi connectivity index (χ0v) is 12.7. The molecule has 1 aliphatic heterocycles. The molecule has 2 fully saturated rings. The Morgan fingerprint density at radius 2 is 1.90 bits per heavy atom. The zero-order valence-electron chi connectivity index (χ0n) is 11.2. The van der Waals surface area contributed by atoms with Gasteiger partial charge in [-0.2, -0.15) is 4.31 Å². The molecular weight excluding hydrogens is 298 g/mol. The molecule has 3 rings (SSSR count). The molecule has 0 N–H and O–H groups in total. The third-order valence-corrected chi connectivity index (χ3v) is 5.96. The van der Waals surface area contributed by atoms with Crippen LogP contribution in [0.4, 0.5) is 0 Å². The Balaban J connectivity index is 1.64. The van der Waals surface area contributed by atoms with Crippen molar-refractivity contribution in [2.24, 2.45) is 5.92 Å². The maximum Gasteiger partial charge on any atom is 0.243 e. The van der Waals surface area contributed by atoms with Crippen LogP contribution in [0.15, 0.2) is 29.2 Å². The molecule has 1 unspecified atom stereocenters. The van der Waals surface area contributed by atoms with E-state index in [9.17, 15) is 8.42 Å². The van der Waals surface area contributed by atoms with Crippen LogP contribution in [0.2, 0.25) is 5.02 Å². The Morgan fingerprint density at radius 3 is 2.55 bits per heavy atom. The molecule has 1 aromatic carbocycles. The first kappa shape index (κ1) is 14.3. The second-order valence-electron chi connectivity index (χ2n) is 5.50. The van der Waals surface area contributed by atoms with Gasteiger partial charge in [0.1, 0.15) is 0 Å². The predicted molar refractivity (Wildman–Crippen MR) is 77.3 cm³/mol. The molecule has 1 aromatic rings. The van der Waals surface area contributed by atoms with Crippen LogP contribution in [0.1, 0.15) is 19.3 Å². The van der Waals surface area contributed by atoms with Crippen LogP contribution in [-0.4, -0.2) is 38.5 Å². The van der Waals surface area contributed by atoms with Crippen LogP contribution in [0.25, 0.3) is 0 Å². The van der Waals surface area contributed by atoms with E-state index in [1.54, 1.807) is 24.3 Å². The van der Waals surface area contributed by atoms with E-state index >= 15 is 0 Å². The lowest BCUT2D eigenvalue weighted by Crippen LogP contribution is -2.30. The van der Waals surface area contributed by atoms with Gasteiger partial charge in [-0.15, -0.1) is 0 Å². The highest BCUT2D eigenvalue weighted by molar-refractivity contribution is 7.89. The molecule has 20 heavy (non-hydrogen) atoms. The molecule has 0 bridgehead atoms. The molecule has 0 amide bonds. The minimum absolute atomic E-state index is 0.0395. The van der Waals surface area contributed by atoms with Gasteiger partial charge in [0, 0.05) is 24.7 Å². The van der Waals surface area contributed by atoms with Crippen LogP contribution in [0.5, 0.6) is 0 Å². The van der Waals surface area contributed by atoms with E-state index in [1.165, 1.54) is 17.1 Å². The van der Waals surface area contributed by atoms with Gasteiger partial charge < -0.3 is 4.74 Å². The summed E-state index contributed by atoms with van der Waals surface area (Å²) in [7, 11) is -3.42. The second-order valence-corrected chi connectivity index (χ2v) is 7.88. The molecular formula is C14H18ClNO3S. The van der Waals surface area contributed by atoms with E-state index in [0.29, 0.717) is 28.9 Å². The summed E-state index contributed by atoms with van der Waals surface area (Å²) in [6.45, 7) is 1.76. The molecule has 0 aromatic heterocycles. The maximum absolute atomic E-state index is 12.5. The van der Waals surface area contributed by atoms with Gasteiger partial charge >= 0.3 is 0 Å². The molecule has 1 atom stereocenters. The number of benzene rings is 1. The van der Waals surface area contributed by atoms with E-state index in [0.717, 1.165) is 13.0 Å². The van der Waals surface area contributed by atoms with Crippen molar-refractivity contribution in [3.05, 3.63) is 29.3 Å². The van der Waals surface area contributed by atoms with Gasteiger partial charge in [-0.05, 0) is 49.4 Å². The molecule has 110 valence electrons. The number of sulfonamides is 1. The van der Waals surface area contributed by atoms with Crippen molar-refractivity contribution in [1.82, 2.24) is 4.31 Å². The molecule has 1 saturated heterocycles. The standard InChI is InChI=1S/C14H18ClNO3S/c15-12-3-5-14(6-4-12)20(17,18)16-8-7-13(9-16)19-10-11-1-2-11/h3-6,11,13H,1-2,7-10H2. The predicted octanol–water partition coefficient (Wildman–Crippen LogP) is 2.53. The average molecular weight is 316 g/mol. The van der Waals surface area contributed by atoms with Gasteiger partial charge in [0.25, 0.3) is 0 Å². The van der Waals surface area contributed by atoms with E-state index in [1.807, 2.05) is 0 Å². The smallest absolute Gasteiger partial charge is 0.243 e. The Labute approximate surface area is 124 Å². The van der Waals surface area contributed by atoms with E-state index < -0.39 is 10.0 Å². The van der Waals surface area contributed by atoms with Gasteiger partial charge in [0.2, 0.25) is 10.0 Å². The Bertz CT molecular complexity index is 569. The number of rotatable bonds is 5. The lowest BCUT2D eigenvalue weighted by atomic mass is 10.3. The van der Waals surface area contributed by atoms with Crippen molar-refractivity contribution < 1.29 is 13.2 Å². The molecule has 2 aliphatic rings. The van der Waals surface area contributed by atoms with E-state index in [2.05, 4.69) is 0 Å². The highest BCUT2D eigenvalue weighted by Gasteiger charge is 2.34. The Kier molecular flexibility index (Phi) is 4.04. The Morgan fingerprint density at radius 1 is 1.20 bits per heavy atom. The van der Waals surface area contributed by atoms with Gasteiger partial charge in [-0.25, -0.2) is 8.42 Å². The summed E-state index contributed by atoms with van der Waals surface area (Å²) in [5, 5.41) is 0.538. The number of hydrogen-bond acceptors (Lipinski definition) is 3. The van der Waals surface area contributed by atoms with Crippen molar-refractivity contribution >= 4 is 21.6 Å². The van der Waals surface area contributed by atoms with Gasteiger partial charge in [-0.3, -0.25) is 0 Å². The SMILES string of the molecule is O=S(=O)(c1ccc(Cl)cc1)N1CCC(OCC2CC2)C1. The summed E-state index contributed by atoms with van der Waals surface area (Å²) in [6, 6.07) is 6.31. The van der Waals surface area contributed by atoms with Crippen molar-refractivity contribution in [3.63, 3.8) is 0 Å². The monoisotopic (exact) mass is 315 g/mol. The lowest BCUT2D eigenvalue weighted by molar-refractivity contribution is 0.0561. The van der Waals surface area contributed by atoms with Crippen LogP contribution >= 0.6 is 11.6 Å². The first-order chi connectivity index (χ1) is 9.55. The minimum atomic E-state index is -3.42. The lowest BCUT2D eigenvalue weighted by Gasteiger charge is -2.17. The van der Waals surface area contributed by atoms with Crippen LogP contribution in [-0.2, 0) is 14.8 Å². The second kappa shape index (κ2) is 5.64. The summed E-state index contributed by atoms with van der Waals surface area (Å²) in [5.74, 6) is 0.705. The minimum Gasteiger partial charge on any atom is -0.377 e. The first-order valence-electron chi connectivity index (χ1n) is 6.93. The summed E-state index contributed by atoms with van der Waals surface area (Å²) in [4.78, 5) is 0.296. The maximum atomic E-state index is 12.5. The third kappa shape index (κ3) is 3.17. The number of hydrogen-bond donors (Lipinski definition) is 0. The molecule has 0 spiro atoms. The largest absolute Gasteiger partial charge is 0.377 e. The first-order valence-corrected chi connectivity index (χ1v) is 8.75. The van der Waals surface area contributed by atoms with Crippen molar-refractivity contribution in [2.75, 3.05) is 19.7 Å². The summed E-state index contributed by atoms with van der Waals surface area (Å²) >= 11 is 5.79. The topological polar surface area (TPSA) is 46.6 Å². The molecule has 1 aliphatic carbocycles. The average Bonchev–Trinajstić information content (AvgIpc) is 3.13. The number of nitrogens with zero attached hydrogens (tertiary/aromatic N) is 1. The molecule has 1 saturated carbocycles. The van der Waals surface area contributed by atoms with Gasteiger partial charge in [-0.1, -0.05) is 11.6 Å². The van der Waals surface area contributed by atoms with E-state index in [4.69, 9.17) is 16.3 Å². The number of ether oxygens (including phenoxy) is 1. The molecule has 6 heteroatoms. The summed E-state index contributed by atoms with van der Waals surface area (Å²) < 4.78 is 32.2. The third-order valence-electron chi connectivity index (χ3n) is 3.82. The van der Waals surface area contributed by atoms with Crippen LogP contribution in [0, 0.1) is 5.92 Å². The van der Waals surface area contributed by atoms with Gasteiger partial charge in [0.15, 0.2) is 0 Å². The highest BCUT2D eigenvalue weighted by Crippen LogP contribution is 2.30. The highest BCUT2D eigenvalue weighted by atomic mass is 35.5. The summed E-state index contributed by atoms with van der Waals surface area (Å²) in [6.07, 6.45) is 3.32. The summed E-state index contributed by atoms with van der Waals surface area (Å²) in [5.41, 5.74) is 0. The molecule has 4 nitrogen and oxygen atoms in total. The zero-order chi connectivity index (χ0) is 14.2.